The zero-order valence-electron chi connectivity index (χ0n) is 35.9. The van der Waals surface area contributed by atoms with E-state index in [0.29, 0.717) is 11.8 Å². The van der Waals surface area contributed by atoms with Crippen LogP contribution in [0.5, 0.6) is 0 Å². The fourth-order valence-electron chi connectivity index (χ4n) is 14.4. The first-order valence-electron chi connectivity index (χ1n) is 22.6. The highest BCUT2D eigenvalue weighted by atomic mass is 15.2. The number of hydrogen-bond donors (Lipinski definition) is 0. The van der Waals surface area contributed by atoms with Crippen molar-refractivity contribution in [1.82, 2.24) is 0 Å². The highest BCUT2D eigenvalue weighted by Gasteiger charge is 2.62. The standard InChI is InChI=1S/C56H63N/c1-52(2)25-27-54(5,6)50-44(52)18-13-21-47(50)57(48-22-14-19-45-51(48)55(7,8)28-26-53(45,3)4)46-20-12-17-43-49(46)41-34-38(37-15-10-9-11-16-37)23-24-42(41)56(43)39-30-35-29-36(32-39)33-40(56)31-35/h9-24,34-36,39-40H,25-33H2,1-8H3. The van der Waals surface area contributed by atoms with E-state index in [-0.39, 0.29) is 27.1 Å². The van der Waals surface area contributed by atoms with Crippen molar-refractivity contribution in [2.24, 2.45) is 23.7 Å². The average Bonchev–Trinajstić information content (AvgIpc) is 3.48. The molecule has 0 atom stereocenters. The topological polar surface area (TPSA) is 3.24 Å². The molecule has 7 aliphatic rings. The number of fused-ring (bicyclic) bond motifs is 5. The zero-order chi connectivity index (χ0) is 39.3. The normalized spacial score (nSPS) is 28.7. The van der Waals surface area contributed by atoms with Gasteiger partial charge in [0.2, 0.25) is 0 Å². The molecule has 4 fully saturated rings. The van der Waals surface area contributed by atoms with Crippen LogP contribution in [0.2, 0.25) is 0 Å². The Hall–Kier alpha value is -4.10. The monoisotopic (exact) mass is 749 g/mol. The molecule has 0 amide bonds. The lowest BCUT2D eigenvalue weighted by Crippen LogP contribution is -2.55. The van der Waals surface area contributed by atoms with Gasteiger partial charge in [0.1, 0.15) is 0 Å². The molecule has 0 N–H and O–H groups in total. The molecule has 0 saturated heterocycles. The van der Waals surface area contributed by atoms with E-state index < -0.39 is 0 Å². The molecule has 292 valence electrons. The summed E-state index contributed by atoms with van der Waals surface area (Å²) < 4.78 is 0. The lowest BCUT2D eigenvalue weighted by Gasteiger charge is -2.61. The Morgan fingerprint density at radius 2 is 0.912 bits per heavy atom. The summed E-state index contributed by atoms with van der Waals surface area (Å²) in [5, 5.41) is 0. The first-order chi connectivity index (χ1) is 27.2. The largest absolute Gasteiger partial charge is 0.309 e. The van der Waals surface area contributed by atoms with E-state index in [9.17, 15) is 0 Å². The van der Waals surface area contributed by atoms with Gasteiger partial charge in [0, 0.05) is 11.0 Å². The van der Waals surface area contributed by atoms with Crippen LogP contribution in [0.25, 0.3) is 22.3 Å². The quantitative estimate of drug-likeness (QED) is 0.177. The Bertz CT molecular complexity index is 2330. The molecule has 5 aromatic carbocycles. The molecule has 0 unspecified atom stereocenters. The molecule has 0 aliphatic heterocycles. The number of nitrogens with zero attached hydrogens (tertiary/aromatic N) is 1. The summed E-state index contributed by atoms with van der Waals surface area (Å²) in [5.41, 5.74) is 19.6. The Morgan fingerprint density at radius 3 is 1.46 bits per heavy atom. The second-order valence-electron chi connectivity index (χ2n) is 22.3. The maximum atomic E-state index is 2.83. The molecule has 1 heteroatoms. The van der Waals surface area contributed by atoms with Crippen molar-refractivity contribution >= 4 is 17.1 Å². The minimum Gasteiger partial charge on any atom is -0.309 e. The minimum atomic E-state index is 0.0440. The summed E-state index contributed by atoms with van der Waals surface area (Å²) in [6.45, 7) is 20.1. The molecule has 1 nitrogen and oxygen atoms in total. The van der Waals surface area contributed by atoms with Gasteiger partial charge in [0.25, 0.3) is 0 Å². The van der Waals surface area contributed by atoms with E-state index in [0.717, 1.165) is 11.8 Å². The minimum absolute atomic E-state index is 0.0440. The van der Waals surface area contributed by atoms with Gasteiger partial charge in [0.05, 0.1) is 17.1 Å². The Labute approximate surface area is 343 Å². The van der Waals surface area contributed by atoms with Gasteiger partial charge in [-0.3, -0.25) is 0 Å². The van der Waals surface area contributed by atoms with Crippen molar-refractivity contribution < 1.29 is 0 Å². The molecule has 4 saturated carbocycles. The number of rotatable bonds is 4. The highest BCUT2D eigenvalue weighted by molar-refractivity contribution is 5.98. The van der Waals surface area contributed by atoms with Crippen LogP contribution in [0.1, 0.15) is 147 Å². The molecule has 5 aromatic rings. The maximum absolute atomic E-state index is 2.83. The van der Waals surface area contributed by atoms with Crippen molar-refractivity contribution in [2.75, 3.05) is 4.90 Å². The van der Waals surface area contributed by atoms with Gasteiger partial charge >= 0.3 is 0 Å². The van der Waals surface area contributed by atoms with Gasteiger partial charge in [-0.2, -0.15) is 0 Å². The van der Waals surface area contributed by atoms with E-state index in [1.165, 1.54) is 108 Å². The number of benzene rings is 5. The van der Waals surface area contributed by atoms with Crippen LogP contribution in [0.3, 0.4) is 0 Å². The fourth-order valence-corrected chi connectivity index (χ4v) is 14.4. The Kier molecular flexibility index (Phi) is 7.58. The van der Waals surface area contributed by atoms with Crippen LogP contribution in [0, 0.1) is 23.7 Å². The maximum Gasteiger partial charge on any atom is 0.0543 e. The van der Waals surface area contributed by atoms with Crippen LogP contribution < -0.4 is 4.90 Å². The third-order valence-corrected chi connectivity index (χ3v) is 17.1. The molecule has 1 spiro atoms. The van der Waals surface area contributed by atoms with E-state index in [2.05, 4.69) is 163 Å². The van der Waals surface area contributed by atoms with Crippen LogP contribution in [0.15, 0.2) is 103 Å². The van der Waals surface area contributed by atoms with E-state index in [1.807, 2.05) is 0 Å². The first-order valence-corrected chi connectivity index (χ1v) is 22.6. The Balaban J connectivity index is 1.26. The molecule has 0 heterocycles. The van der Waals surface area contributed by atoms with E-state index in [4.69, 9.17) is 0 Å². The molecule has 0 radical (unpaired) electrons. The highest BCUT2D eigenvalue weighted by Crippen LogP contribution is 2.71. The predicted molar refractivity (Wildman–Crippen MR) is 240 cm³/mol. The molecule has 0 aromatic heterocycles. The summed E-state index contributed by atoms with van der Waals surface area (Å²) in [6, 6.07) is 41.1. The predicted octanol–water partition coefficient (Wildman–Crippen LogP) is 15.2. The molecule has 7 aliphatic carbocycles. The van der Waals surface area contributed by atoms with E-state index in [1.54, 1.807) is 22.3 Å². The van der Waals surface area contributed by atoms with Gasteiger partial charge in [-0.1, -0.05) is 134 Å². The van der Waals surface area contributed by atoms with Gasteiger partial charge in [-0.25, -0.2) is 0 Å². The van der Waals surface area contributed by atoms with Crippen molar-refractivity contribution in [2.45, 2.75) is 140 Å². The van der Waals surface area contributed by atoms with Crippen LogP contribution in [-0.2, 0) is 27.1 Å². The third-order valence-electron chi connectivity index (χ3n) is 17.1. The molecular weight excluding hydrogens is 687 g/mol. The summed E-state index contributed by atoms with van der Waals surface area (Å²) in [7, 11) is 0. The van der Waals surface area contributed by atoms with Gasteiger partial charge < -0.3 is 4.90 Å². The lowest BCUT2D eigenvalue weighted by atomic mass is 9.43. The average molecular weight is 750 g/mol. The van der Waals surface area contributed by atoms with Gasteiger partial charge in [0.15, 0.2) is 0 Å². The van der Waals surface area contributed by atoms with Gasteiger partial charge in [-0.05, 0) is 177 Å². The van der Waals surface area contributed by atoms with E-state index >= 15 is 0 Å². The van der Waals surface area contributed by atoms with Gasteiger partial charge in [-0.15, -0.1) is 0 Å². The van der Waals surface area contributed by atoms with Crippen molar-refractivity contribution in [3.05, 3.63) is 137 Å². The van der Waals surface area contributed by atoms with Crippen LogP contribution in [0.4, 0.5) is 17.1 Å². The SMILES string of the molecule is CC1(C)CCC(C)(C)c2c(N(c3cccc4c3-c3cc(-c5ccccc5)ccc3C43C4CC5CC(C4)CC3C5)c3cccc4c3C(C)(C)CCC4(C)C)cccc21. The summed E-state index contributed by atoms with van der Waals surface area (Å²) in [6.07, 6.45) is 11.8. The smallest absolute Gasteiger partial charge is 0.0543 e. The van der Waals surface area contributed by atoms with Crippen LogP contribution >= 0.6 is 0 Å². The first kappa shape index (κ1) is 36.0. The zero-order valence-corrected chi connectivity index (χ0v) is 35.9. The molecule has 57 heavy (non-hydrogen) atoms. The number of anilines is 3. The van der Waals surface area contributed by atoms with Crippen molar-refractivity contribution in [3.8, 4) is 22.3 Å². The second-order valence-corrected chi connectivity index (χ2v) is 22.3. The molecule has 4 bridgehead atoms. The van der Waals surface area contributed by atoms with Crippen molar-refractivity contribution in [1.29, 1.82) is 0 Å². The summed E-state index contributed by atoms with van der Waals surface area (Å²) in [4.78, 5) is 2.83. The second kappa shape index (κ2) is 12.0. The molecule has 12 rings (SSSR count). The van der Waals surface area contributed by atoms with Crippen LogP contribution in [-0.4, -0.2) is 0 Å². The van der Waals surface area contributed by atoms with Crippen molar-refractivity contribution in [3.63, 3.8) is 0 Å². The fraction of sp³-hybridized carbons (Fsp3) is 0.464. The Morgan fingerprint density at radius 1 is 0.421 bits per heavy atom. The lowest BCUT2D eigenvalue weighted by molar-refractivity contribution is -0.0399. The third kappa shape index (κ3) is 4.99. The molecular formula is C56H63N. The summed E-state index contributed by atoms with van der Waals surface area (Å²) in [5.74, 6) is 3.26. The number of hydrogen-bond acceptors (Lipinski definition) is 1. The summed E-state index contributed by atoms with van der Waals surface area (Å²) >= 11 is 0.